The molecule has 0 aliphatic heterocycles. The van der Waals surface area contributed by atoms with Crippen LogP contribution in [0, 0.1) is 0 Å². The van der Waals surface area contributed by atoms with E-state index in [1.54, 1.807) is 0 Å². The molecule has 8 heteroatoms. The van der Waals surface area contributed by atoms with Crippen molar-refractivity contribution in [2.45, 2.75) is 96.8 Å². The smallest absolute Gasteiger partial charge is 0.759 e. The predicted octanol–water partition coefficient (Wildman–Crippen LogP) is -1.87. The molecule has 0 aromatic rings. The Labute approximate surface area is 234 Å². The van der Waals surface area contributed by atoms with E-state index in [0.29, 0.717) is 6.61 Å². The van der Waals surface area contributed by atoms with Crippen LogP contribution in [-0.2, 0) is 10.4 Å². The summed E-state index contributed by atoms with van der Waals surface area (Å²) >= 11 is 0. The van der Waals surface area contributed by atoms with Crippen molar-refractivity contribution < 1.29 is 125 Å². The molecule has 0 unspecified atom stereocenters. The fourth-order valence-electron chi connectivity index (χ4n) is 2.31. The quantitative estimate of drug-likeness (QED) is 0.155. The third-order valence-electron chi connectivity index (χ3n) is 3.51. The molecular weight excluding hydrogens is 382 g/mol. The number of hydrogen-bond acceptors (Lipinski definition) is 5. The molecule has 0 aliphatic carbocycles. The molecule has 5 nitrogen and oxygen atoms in total. The molecule has 0 spiro atoms. The van der Waals surface area contributed by atoms with Crippen LogP contribution in [0.3, 0.4) is 0 Å². The van der Waals surface area contributed by atoms with Gasteiger partial charge in [0.1, 0.15) is 0 Å². The van der Waals surface area contributed by atoms with Crippen LogP contribution in [-0.4, -0.2) is 29.2 Å². The van der Waals surface area contributed by atoms with Gasteiger partial charge >= 0.3 is 103 Å². The van der Waals surface area contributed by atoms with E-state index in [0.717, 1.165) is 6.42 Å². The van der Waals surface area contributed by atoms with Gasteiger partial charge in [-0.3, -0.25) is 8.42 Å². The minimum absolute atomic E-state index is 0. The summed E-state index contributed by atoms with van der Waals surface area (Å²) < 4.78 is 34.1. The van der Waals surface area contributed by atoms with Crippen LogP contribution < -0.4 is 103 Å². The maximum absolute atomic E-state index is 8.64. The molecule has 0 amide bonds. The zero-order chi connectivity index (χ0) is 17.1. The van der Waals surface area contributed by atoms with Crippen LogP contribution in [0.5, 0.6) is 0 Å². The molecule has 0 aliphatic rings. The van der Waals surface area contributed by atoms with Crippen molar-refractivity contribution in [3.8, 4) is 0 Å². The Morgan fingerprint density at radius 2 is 0.833 bits per heavy atom. The van der Waals surface area contributed by atoms with Crippen molar-refractivity contribution in [1.29, 1.82) is 0 Å². The fraction of sp³-hybridized carbons (Fsp3) is 1.00. The summed E-state index contributed by atoms with van der Waals surface area (Å²) in [5, 5.41) is 8.64. The molecule has 1 N–H and O–H groups in total. The molecule has 0 fully saturated rings. The van der Waals surface area contributed by atoms with Crippen molar-refractivity contribution in [3.05, 3.63) is 0 Å². The standard InChI is InChI=1S/C16H34O.2K.H2O4S/c1-2-3-4-5-6-7-8-9-10-11-12-13-14-15-16-17;;;1-5(2,3)4/h17H,2-16H2,1H3;;;(H2,1,2,3,4)/q;2*+1;/p-2. The largest absolute Gasteiger partial charge is 1.00 e. The van der Waals surface area contributed by atoms with Gasteiger partial charge in [0.05, 0.1) is 0 Å². The summed E-state index contributed by atoms with van der Waals surface area (Å²) in [6.07, 6.45) is 19.2. The first-order chi connectivity index (χ1) is 10.4. The first kappa shape index (κ1) is 34.6. The average Bonchev–Trinajstić information content (AvgIpc) is 2.42. The second kappa shape index (κ2) is 28.3. The monoisotopic (exact) mass is 416 g/mol. The maximum Gasteiger partial charge on any atom is 1.00 e. The zero-order valence-electron chi connectivity index (χ0n) is 16.1. The van der Waals surface area contributed by atoms with Gasteiger partial charge in [-0.2, -0.15) is 0 Å². The summed E-state index contributed by atoms with van der Waals surface area (Å²) in [6, 6.07) is 0. The van der Waals surface area contributed by atoms with Gasteiger partial charge in [-0.25, -0.2) is 0 Å². The van der Waals surface area contributed by atoms with E-state index in [9.17, 15) is 0 Å². The Bertz CT molecular complexity index is 279. The van der Waals surface area contributed by atoms with Crippen molar-refractivity contribution in [2.75, 3.05) is 6.61 Å². The van der Waals surface area contributed by atoms with Gasteiger partial charge < -0.3 is 14.2 Å². The summed E-state index contributed by atoms with van der Waals surface area (Å²) in [4.78, 5) is 0. The Balaban J connectivity index is -0.000000250. The van der Waals surface area contributed by atoms with Crippen LogP contribution in [0.15, 0.2) is 0 Å². The topological polar surface area (TPSA) is 100 Å². The molecular formula is C16H34K2O5S. The maximum atomic E-state index is 8.64. The Morgan fingerprint density at radius 3 is 1.04 bits per heavy atom. The molecule has 0 saturated heterocycles. The van der Waals surface area contributed by atoms with Gasteiger partial charge in [-0.1, -0.05) is 90.4 Å². The number of unbranched alkanes of at least 4 members (excludes halogenated alkanes) is 13. The first-order valence-electron chi connectivity index (χ1n) is 8.69. The minimum Gasteiger partial charge on any atom is -0.759 e. The second-order valence-electron chi connectivity index (χ2n) is 5.73. The third kappa shape index (κ3) is 49.9. The zero-order valence-corrected chi connectivity index (χ0v) is 23.2. The van der Waals surface area contributed by atoms with E-state index in [2.05, 4.69) is 6.92 Å². The first-order valence-corrected chi connectivity index (χ1v) is 10.0. The summed E-state index contributed by atoms with van der Waals surface area (Å²) in [7, 11) is -5.17. The molecule has 0 bridgehead atoms. The van der Waals surface area contributed by atoms with Gasteiger partial charge in [0.2, 0.25) is 0 Å². The number of aliphatic hydroxyl groups is 1. The normalized spacial score (nSPS) is 10.2. The van der Waals surface area contributed by atoms with Crippen LogP contribution in [0.4, 0.5) is 0 Å². The molecule has 0 aromatic carbocycles. The van der Waals surface area contributed by atoms with Crippen molar-refractivity contribution in [1.82, 2.24) is 0 Å². The second-order valence-corrected chi connectivity index (χ2v) is 6.54. The third-order valence-corrected chi connectivity index (χ3v) is 3.51. The van der Waals surface area contributed by atoms with Crippen LogP contribution in [0.1, 0.15) is 96.8 Å². The fourth-order valence-corrected chi connectivity index (χ4v) is 2.31. The molecule has 24 heavy (non-hydrogen) atoms. The molecule has 136 valence electrons. The molecule has 0 atom stereocenters. The number of hydrogen-bond donors (Lipinski definition) is 1. The van der Waals surface area contributed by atoms with E-state index in [-0.39, 0.29) is 103 Å². The van der Waals surface area contributed by atoms with Gasteiger partial charge in [-0.05, 0) is 6.42 Å². The van der Waals surface area contributed by atoms with E-state index in [4.69, 9.17) is 22.6 Å². The molecule has 0 aromatic heterocycles. The van der Waals surface area contributed by atoms with Crippen molar-refractivity contribution in [3.63, 3.8) is 0 Å². The van der Waals surface area contributed by atoms with Gasteiger partial charge in [0, 0.05) is 17.0 Å². The van der Waals surface area contributed by atoms with Crippen LogP contribution in [0.2, 0.25) is 0 Å². The molecule has 0 saturated carbocycles. The Morgan fingerprint density at radius 1 is 0.625 bits per heavy atom. The summed E-state index contributed by atoms with van der Waals surface area (Å²) in [5.74, 6) is 0. The van der Waals surface area contributed by atoms with Gasteiger partial charge in [0.15, 0.2) is 0 Å². The van der Waals surface area contributed by atoms with E-state index < -0.39 is 10.4 Å². The van der Waals surface area contributed by atoms with Crippen molar-refractivity contribution in [2.24, 2.45) is 0 Å². The van der Waals surface area contributed by atoms with Crippen LogP contribution >= 0.6 is 0 Å². The van der Waals surface area contributed by atoms with E-state index in [1.165, 1.54) is 83.5 Å². The predicted molar refractivity (Wildman–Crippen MR) is 87.9 cm³/mol. The van der Waals surface area contributed by atoms with Gasteiger partial charge in [-0.15, -0.1) is 0 Å². The minimum atomic E-state index is -5.17. The van der Waals surface area contributed by atoms with Crippen molar-refractivity contribution >= 4 is 10.4 Å². The number of aliphatic hydroxyl groups excluding tert-OH is 1. The number of rotatable bonds is 14. The Hall–Kier alpha value is 3.10. The molecule has 0 radical (unpaired) electrons. The van der Waals surface area contributed by atoms with Crippen LogP contribution in [0.25, 0.3) is 0 Å². The van der Waals surface area contributed by atoms with E-state index in [1.807, 2.05) is 0 Å². The summed E-state index contributed by atoms with van der Waals surface area (Å²) in [6.45, 7) is 2.65. The van der Waals surface area contributed by atoms with E-state index >= 15 is 0 Å². The molecule has 0 heterocycles. The van der Waals surface area contributed by atoms with Gasteiger partial charge in [0.25, 0.3) is 0 Å². The summed E-state index contributed by atoms with van der Waals surface area (Å²) in [5.41, 5.74) is 0. The molecule has 0 rings (SSSR count). The Kier molecular flexibility index (Phi) is 40.8. The SMILES string of the molecule is CCCCCCCCCCCCCCCCO.O=S(=O)([O-])[O-].[K+].[K+]. The average molecular weight is 417 g/mol.